The first-order valence-corrected chi connectivity index (χ1v) is 13.1. The van der Waals surface area contributed by atoms with Crippen LogP contribution in [-0.4, -0.2) is 34.8 Å². The van der Waals surface area contributed by atoms with Crippen molar-refractivity contribution in [3.05, 3.63) is 127 Å². The van der Waals surface area contributed by atoms with Crippen molar-refractivity contribution in [3.8, 4) is 5.75 Å². The van der Waals surface area contributed by atoms with Crippen LogP contribution in [0.25, 0.3) is 11.8 Å². The van der Waals surface area contributed by atoms with Gasteiger partial charge in [0, 0.05) is 5.56 Å². The Balaban J connectivity index is 1.69. The second-order valence-corrected chi connectivity index (χ2v) is 9.60. The number of fused-ring (bicyclic) bond motifs is 1. The molecule has 0 spiro atoms. The summed E-state index contributed by atoms with van der Waals surface area (Å²) in [7, 11) is 0. The predicted octanol–water partition coefficient (Wildman–Crippen LogP) is 3.40. The minimum absolute atomic E-state index is 0.183. The highest BCUT2D eigenvalue weighted by atomic mass is 32.1. The van der Waals surface area contributed by atoms with Crippen LogP contribution in [0.5, 0.6) is 5.75 Å². The SMILES string of the molecule is CCOC(=O)C1=C(c2ccccc2)N=c2s/c(=C/c3ccc(OCC(=O)O)cc3)c(=O)n2[C@@H]1c1ccccc1. The first-order chi connectivity index (χ1) is 19.0. The Kier molecular flexibility index (Phi) is 7.51. The van der Waals surface area contributed by atoms with Gasteiger partial charge in [-0.15, -0.1) is 0 Å². The van der Waals surface area contributed by atoms with Crippen LogP contribution in [0.4, 0.5) is 0 Å². The van der Waals surface area contributed by atoms with Crippen LogP contribution in [-0.2, 0) is 14.3 Å². The van der Waals surface area contributed by atoms with Gasteiger partial charge in [-0.2, -0.15) is 0 Å². The molecule has 1 atom stereocenters. The Morgan fingerprint density at radius 2 is 1.67 bits per heavy atom. The molecule has 0 saturated carbocycles. The summed E-state index contributed by atoms with van der Waals surface area (Å²) in [4.78, 5) is 43.3. The predicted molar refractivity (Wildman–Crippen MR) is 147 cm³/mol. The average Bonchev–Trinajstić information content (AvgIpc) is 3.27. The van der Waals surface area contributed by atoms with Crippen molar-refractivity contribution in [3.63, 3.8) is 0 Å². The Morgan fingerprint density at radius 3 is 2.31 bits per heavy atom. The Bertz CT molecular complexity index is 1720. The zero-order valence-corrected chi connectivity index (χ0v) is 21.8. The highest BCUT2D eigenvalue weighted by molar-refractivity contribution is 7.07. The lowest BCUT2D eigenvalue weighted by Crippen LogP contribution is -2.39. The van der Waals surface area contributed by atoms with E-state index in [4.69, 9.17) is 19.6 Å². The monoisotopic (exact) mass is 540 g/mol. The van der Waals surface area contributed by atoms with Crippen LogP contribution in [0.3, 0.4) is 0 Å². The molecule has 5 rings (SSSR count). The molecule has 0 aliphatic carbocycles. The average molecular weight is 541 g/mol. The number of benzene rings is 3. The van der Waals surface area contributed by atoms with Crippen molar-refractivity contribution in [2.45, 2.75) is 13.0 Å². The number of carboxylic acids is 1. The number of hydrogen-bond acceptors (Lipinski definition) is 7. The fourth-order valence-electron chi connectivity index (χ4n) is 4.35. The molecule has 39 heavy (non-hydrogen) atoms. The lowest BCUT2D eigenvalue weighted by atomic mass is 9.93. The van der Waals surface area contributed by atoms with Crippen molar-refractivity contribution in [2.75, 3.05) is 13.2 Å². The smallest absolute Gasteiger partial charge is 0.341 e. The first kappa shape index (κ1) is 25.9. The molecule has 1 aromatic heterocycles. The van der Waals surface area contributed by atoms with Gasteiger partial charge in [-0.3, -0.25) is 9.36 Å². The van der Waals surface area contributed by atoms with Crippen molar-refractivity contribution in [1.82, 2.24) is 4.57 Å². The van der Waals surface area contributed by atoms with E-state index >= 15 is 0 Å². The van der Waals surface area contributed by atoms with Gasteiger partial charge in [0.25, 0.3) is 5.56 Å². The van der Waals surface area contributed by atoms with E-state index in [1.54, 1.807) is 41.8 Å². The largest absolute Gasteiger partial charge is 0.482 e. The fourth-order valence-corrected chi connectivity index (χ4v) is 5.35. The van der Waals surface area contributed by atoms with Gasteiger partial charge < -0.3 is 14.6 Å². The lowest BCUT2D eigenvalue weighted by molar-refractivity contribution is -0.140. The van der Waals surface area contributed by atoms with E-state index in [1.165, 1.54) is 11.3 Å². The molecule has 0 amide bonds. The van der Waals surface area contributed by atoms with Crippen molar-refractivity contribution in [2.24, 2.45) is 4.99 Å². The number of carbonyl (C=O) groups is 2. The molecule has 196 valence electrons. The van der Waals surface area contributed by atoms with E-state index in [0.717, 1.165) is 16.7 Å². The molecule has 0 radical (unpaired) electrons. The molecule has 4 aromatic rings. The minimum Gasteiger partial charge on any atom is -0.482 e. The molecule has 0 bridgehead atoms. The summed E-state index contributed by atoms with van der Waals surface area (Å²) in [5.74, 6) is -1.18. The number of aliphatic carboxylic acids is 1. The Labute approximate surface area is 227 Å². The van der Waals surface area contributed by atoms with E-state index < -0.39 is 24.6 Å². The number of hydrogen-bond donors (Lipinski definition) is 1. The van der Waals surface area contributed by atoms with E-state index in [-0.39, 0.29) is 12.2 Å². The molecular formula is C30H24N2O6S. The number of esters is 1. The quantitative estimate of drug-likeness (QED) is 0.344. The molecule has 1 N–H and O–H groups in total. The number of carboxylic acid groups (broad SMARTS) is 1. The summed E-state index contributed by atoms with van der Waals surface area (Å²) >= 11 is 1.23. The van der Waals surface area contributed by atoms with Crippen LogP contribution < -0.4 is 19.6 Å². The van der Waals surface area contributed by atoms with Gasteiger partial charge in [-0.05, 0) is 36.3 Å². The van der Waals surface area contributed by atoms with Crippen molar-refractivity contribution < 1.29 is 24.2 Å². The van der Waals surface area contributed by atoms with E-state index in [0.29, 0.717) is 26.4 Å². The Morgan fingerprint density at radius 1 is 1.00 bits per heavy atom. The highest BCUT2D eigenvalue weighted by Crippen LogP contribution is 2.35. The van der Waals surface area contributed by atoms with Crippen LogP contribution in [0.15, 0.2) is 100 Å². The summed E-state index contributed by atoms with van der Waals surface area (Å²) in [6.45, 7) is 1.48. The van der Waals surface area contributed by atoms with E-state index in [1.807, 2.05) is 60.7 Å². The number of rotatable bonds is 8. The second-order valence-electron chi connectivity index (χ2n) is 8.59. The van der Waals surface area contributed by atoms with Crippen molar-refractivity contribution in [1.29, 1.82) is 0 Å². The third-order valence-corrected chi connectivity index (χ3v) is 7.01. The maximum Gasteiger partial charge on any atom is 0.341 e. The number of carbonyl (C=O) groups excluding carboxylic acids is 1. The maximum atomic E-state index is 13.8. The number of thiazole rings is 1. The first-order valence-electron chi connectivity index (χ1n) is 12.2. The summed E-state index contributed by atoms with van der Waals surface area (Å²) in [6, 6.07) is 24.8. The van der Waals surface area contributed by atoms with Crippen LogP contribution in [0, 0.1) is 0 Å². The van der Waals surface area contributed by atoms with Gasteiger partial charge in [-0.25, -0.2) is 14.6 Å². The topological polar surface area (TPSA) is 107 Å². The Hall–Kier alpha value is -4.76. The summed E-state index contributed by atoms with van der Waals surface area (Å²) < 4.78 is 12.6. The molecular weight excluding hydrogens is 516 g/mol. The fraction of sp³-hybridized carbons (Fsp3) is 0.133. The molecule has 9 heteroatoms. The van der Waals surface area contributed by atoms with Gasteiger partial charge in [0.1, 0.15) is 5.75 Å². The number of aromatic nitrogens is 1. The third-order valence-electron chi connectivity index (χ3n) is 6.03. The third kappa shape index (κ3) is 5.44. The molecule has 1 aliphatic rings. The molecule has 3 aromatic carbocycles. The normalized spacial score (nSPS) is 14.9. The molecule has 2 heterocycles. The van der Waals surface area contributed by atoms with Crippen LogP contribution in [0.1, 0.15) is 29.7 Å². The number of nitrogens with zero attached hydrogens (tertiary/aromatic N) is 2. The van der Waals surface area contributed by atoms with Crippen LogP contribution >= 0.6 is 11.3 Å². The van der Waals surface area contributed by atoms with Gasteiger partial charge in [0.05, 0.1) is 28.5 Å². The zero-order valence-electron chi connectivity index (χ0n) is 20.9. The van der Waals surface area contributed by atoms with Gasteiger partial charge in [0.15, 0.2) is 11.4 Å². The summed E-state index contributed by atoms with van der Waals surface area (Å²) in [5.41, 5.74) is 2.72. The summed E-state index contributed by atoms with van der Waals surface area (Å²) in [5, 5.41) is 8.80. The van der Waals surface area contributed by atoms with E-state index in [9.17, 15) is 14.4 Å². The number of ether oxygens (including phenoxy) is 2. The molecule has 0 fully saturated rings. The highest BCUT2D eigenvalue weighted by Gasteiger charge is 2.35. The van der Waals surface area contributed by atoms with Gasteiger partial charge >= 0.3 is 11.9 Å². The second kappa shape index (κ2) is 11.3. The molecule has 1 aliphatic heterocycles. The van der Waals surface area contributed by atoms with Crippen molar-refractivity contribution >= 4 is 35.0 Å². The van der Waals surface area contributed by atoms with Gasteiger partial charge in [0.2, 0.25) is 0 Å². The maximum absolute atomic E-state index is 13.8. The molecule has 0 unspecified atom stereocenters. The van der Waals surface area contributed by atoms with Gasteiger partial charge in [-0.1, -0.05) is 84.1 Å². The summed E-state index contributed by atoms with van der Waals surface area (Å²) in [6.07, 6.45) is 1.74. The van der Waals surface area contributed by atoms with E-state index in [2.05, 4.69) is 0 Å². The van der Waals surface area contributed by atoms with Crippen LogP contribution in [0.2, 0.25) is 0 Å². The standard InChI is InChI=1S/C30H24N2O6S/c1-2-37-29(36)25-26(20-9-5-3-6-10-20)31-30-32(27(25)21-11-7-4-8-12-21)28(35)23(39-30)17-19-13-15-22(16-14-19)38-18-24(33)34/h3-17,27H,2,18H2,1H3,(H,33,34)/b23-17+/t27-/m1/s1. The lowest BCUT2D eigenvalue weighted by Gasteiger charge is -2.25. The molecule has 8 nitrogen and oxygen atoms in total. The zero-order chi connectivity index (χ0) is 27.4. The molecule has 0 saturated heterocycles. The minimum atomic E-state index is -1.06.